The van der Waals surface area contributed by atoms with Crippen molar-refractivity contribution in [1.82, 2.24) is 5.32 Å². The summed E-state index contributed by atoms with van der Waals surface area (Å²) in [6.07, 6.45) is 1.79. The van der Waals surface area contributed by atoms with Gasteiger partial charge in [-0.05, 0) is 37.7 Å². The van der Waals surface area contributed by atoms with Gasteiger partial charge in [-0.1, -0.05) is 24.6 Å². The zero-order valence-electron chi connectivity index (χ0n) is 11.0. The third kappa shape index (κ3) is 3.35. The van der Waals surface area contributed by atoms with Crippen molar-refractivity contribution in [3.63, 3.8) is 0 Å². The highest BCUT2D eigenvalue weighted by Gasteiger charge is 2.18. The summed E-state index contributed by atoms with van der Waals surface area (Å²) in [6.45, 7) is 2.14. The van der Waals surface area contributed by atoms with E-state index in [1.54, 1.807) is 23.5 Å². The Balaban J connectivity index is 2.25. The first-order chi connectivity index (χ1) is 9.15. The number of likely N-dealkylation sites (N-methyl/N-ethyl adjacent to an activating group) is 1. The summed E-state index contributed by atoms with van der Waals surface area (Å²) in [5.41, 5.74) is 0.554. The molecule has 0 radical (unpaired) electrons. The van der Waals surface area contributed by atoms with Crippen molar-refractivity contribution in [3.8, 4) is 0 Å². The standard InChI is InChI=1S/C15H17ClFNS/c1-3-10-7-8-11(19-10)9-14(18-2)15-12(16)5-4-6-13(15)17/h4-8,14,18H,3,9H2,1-2H3. The van der Waals surface area contributed by atoms with Crippen molar-refractivity contribution in [3.05, 3.63) is 56.5 Å². The maximum Gasteiger partial charge on any atom is 0.129 e. The summed E-state index contributed by atoms with van der Waals surface area (Å²) in [5, 5.41) is 3.64. The molecule has 1 unspecified atom stereocenters. The number of halogens is 2. The summed E-state index contributed by atoms with van der Waals surface area (Å²) >= 11 is 7.90. The SMILES string of the molecule is CCc1ccc(CC(NC)c2c(F)cccc2Cl)s1. The van der Waals surface area contributed by atoms with Crippen molar-refractivity contribution in [2.24, 2.45) is 0 Å². The van der Waals surface area contributed by atoms with Crippen LogP contribution >= 0.6 is 22.9 Å². The molecule has 2 aromatic rings. The first-order valence-corrected chi connectivity index (χ1v) is 7.54. The molecule has 4 heteroatoms. The summed E-state index contributed by atoms with van der Waals surface area (Å²) in [4.78, 5) is 2.60. The quantitative estimate of drug-likeness (QED) is 0.850. The fourth-order valence-electron chi connectivity index (χ4n) is 2.12. The molecule has 0 aliphatic heterocycles. The van der Waals surface area contributed by atoms with Crippen LogP contribution in [0.1, 0.15) is 28.3 Å². The highest BCUT2D eigenvalue weighted by atomic mass is 35.5. The largest absolute Gasteiger partial charge is 0.313 e. The van der Waals surface area contributed by atoms with Gasteiger partial charge in [0.25, 0.3) is 0 Å². The summed E-state index contributed by atoms with van der Waals surface area (Å²) in [7, 11) is 1.84. The van der Waals surface area contributed by atoms with E-state index in [0.717, 1.165) is 12.8 Å². The molecule has 0 aliphatic carbocycles. The van der Waals surface area contributed by atoms with Gasteiger partial charge in [0.05, 0.1) is 0 Å². The number of nitrogens with one attached hydrogen (secondary N) is 1. The molecule has 19 heavy (non-hydrogen) atoms. The predicted molar refractivity (Wildman–Crippen MR) is 80.6 cm³/mol. The number of hydrogen-bond donors (Lipinski definition) is 1. The summed E-state index contributed by atoms with van der Waals surface area (Å²) in [5.74, 6) is -0.251. The van der Waals surface area contributed by atoms with Gasteiger partial charge in [-0.3, -0.25) is 0 Å². The van der Waals surface area contributed by atoms with E-state index in [4.69, 9.17) is 11.6 Å². The Bertz CT molecular complexity index is 533. The first kappa shape index (κ1) is 14.5. The third-order valence-electron chi connectivity index (χ3n) is 3.17. The average molecular weight is 298 g/mol. The Morgan fingerprint density at radius 1 is 1.26 bits per heavy atom. The lowest BCUT2D eigenvalue weighted by Gasteiger charge is -2.18. The van der Waals surface area contributed by atoms with Gasteiger partial charge in [-0.2, -0.15) is 0 Å². The Morgan fingerprint density at radius 3 is 2.58 bits per heavy atom. The van der Waals surface area contributed by atoms with Crippen LogP contribution in [0.15, 0.2) is 30.3 Å². The van der Waals surface area contributed by atoms with Crippen molar-refractivity contribution in [2.75, 3.05) is 7.05 Å². The van der Waals surface area contributed by atoms with Crippen molar-refractivity contribution in [2.45, 2.75) is 25.8 Å². The lowest BCUT2D eigenvalue weighted by atomic mass is 10.0. The molecule has 1 aromatic carbocycles. The maximum absolute atomic E-state index is 13.9. The van der Waals surface area contributed by atoms with Crippen LogP contribution in [-0.2, 0) is 12.8 Å². The van der Waals surface area contributed by atoms with E-state index in [9.17, 15) is 4.39 Å². The number of benzene rings is 1. The number of thiophene rings is 1. The number of hydrogen-bond acceptors (Lipinski definition) is 2. The Labute approximate surface area is 122 Å². The van der Waals surface area contributed by atoms with Gasteiger partial charge in [-0.25, -0.2) is 4.39 Å². The van der Waals surface area contributed by atoms with Gasteiger partial charge in [0.2, 0.25) is 0 Å². The summed E-state index contributed by atoms with van der Waals surface area (Å²) < 4.78 is 13.9. The molecule has 0 aliphatic rings. The molecule has 2 rings (SSSR count). The molecule has 1 heterocycles. The molecule has 1 nitrogen and oxygen atoms in total. The van der Waals surface area contributed by atoms with E-state index in [0.29, 0.717) is 10.6 Å². The smallest absolute Gasteiger partial charge is 0.129 e. The van der Waals surface area contributed by atoms with Crippen molar-refractivity contribution < 1.29 is 4.39 Å². The van der Waals surface area contributed by atoms with E-state index in [1.165, 1.54) is 15.8 Å². The van der Waals surface area contributed by atoms with Crippen molar-refractivity contribution >= 4 is 22.9 Å². The Kier molecular flexibility index (Phi) is 4.97. The Hall–Kier alpha value is -0.900. The highest BCUT2D eigenvalue weighted by molar-refractivity contribution is 7.11. The molecule has 1 aromatic heterocycles. The lowest BCUT2D eigenvalue weighted by molar-refractivity contribution is 0.536. The van der Waals surface area contributed by atoms with E-state index in [-0.39, 0.29) is 11.9 Å². The maximum atomic E-state index is 13.9. The van der Waals surface area contributed by atoms with Gasteiger partial charge >= 0.3 is 0 Å². The van der Waals surface area contributed by atoms with Crippen LogP contribution < -0.4 is 5.32 Å². The molecule has 102 valence electrons. The molecular weight excluding hydrogens is 281 g/mol. The fourth-order valence-corrected chi connectivity index (χ4v) is 3.41. The highest BCUT2D eigenvalue weighted by Crippen LogP contribution is 2.30. The van der Waals surface area contributed by atoms with Crippen molar-refractivity contribution in [1.29, 1.82) is 0 Å². The second-order valence-corrected chi connectivity index (χ2v) is 6.06. The van der Waals surface area contributed by atoms with Crippen LogP contribution in [0.2, 0.25) is 5.02 Å². The predicted octanol–water partition coefficient (Wildman–Crippen LogP) is 4.61. The minimum absolute atomic E-state index is 0.0999. The molecule has 0 bridgehead atoms. The van der Waals surface area contributed by atoms with Gasteiger partial charge in [-0.15, -0.1) is 11.3 Å². The third-order valence-corrected chi connectivity index (χ3v) is 4.75. The second-order valence-electron chi connectivity index (χ2n) is 4.40. The van der Waals surface area contributed by atoms with Crippen LogP contribution in [-0.4, -0.2) is 7.05 Å². The van der Waals surface area contributed by atoms with Crippen LogP contribution in [0, 0.1) is 5.82 Å². The van der Waals surface area contributed by atoms with Gasteiger partial charge in [0, 0.05) is 32.8 Å². The van der Waals surface area contributed by atoms with Gasteiger partial charge in [0.15, 0.2) is 0 Å². The summed E-state index contributed by atoms with van der Waals surface area (Å²) in [6, 6.07) is 8.97. The molecule has 1 N–H and O–H groups in total. The first-order valence-electron chi connectivity index (χ1n) is 6.34. The number of rotatable bonds is 5. The molecule has 0 fully saturated rings. The van der Waals surface area contributed by atoms with E-state index in [1.807, 2.05) is 7.05 Å². The topological polar surface area (TPSA) is 12.0 Å². The van der Waals surface area contributed by atoms with Gasteiger partial charge < -0.3 is 5.32 Å². The van der Waals surface area contributed by atoms with Gasteiger partial charge in [0.1, 0.15) is 5.82 Å². The molecule has 0 amide bonds. The van der Waals surface area contributed by atoms with E-state index >= 15 is 0 Å². The zero-order valence-corrected chi connectivity index (χ0v) is 12.6. The zero-order chi connectivity index (χ0) is 13.8. The Morgan fingerprint density at radius 2 is 2.00 bits per heavy atom. The molecule has 0 spiro atoms. The van der Waals surface area contributed by atoms with Crippen LogP contribution in [0.25, 0.3) is 0 Å². The molecule has 0 saturated heterocycles. The molecular formula is C15H17ClFNS. The van der Waals surface area contributed by atoms with Crippen LogP contribution in [0.5, 0.6) is 0 Å². The average Bonchev–Trinajstić information content (AvgIpc) is 2.85. The normalized spacial score (nSPS) is 12.6. The minimum Gasteiger partial charge on any atom is -0.313 e. The number of aryl methyl sites for hydroxylation is 1. The lowest BCUT2D eigenvalue weighted by Crippen LogP contribution is -2.20. The van der Waals surface area contributed by atoms with Crippen LogP contribution in [0.4, 0.5) is 4.39 Å². The fraction of sp³-hybridized carbons (Fsp3) is 0.333. The second kappa shape index (κ2) is 6.51. The molecule has 0 saturated carbocycles. The van der Waals surface area contributed by atoms with Crippen LogP contribution in [0.3, 0.4) is 0 Å². The minimum atomic E-state index is -0.251. The monoisotopic (exact) mass is 297 g/mol. The van der Waals surface area contributed by atoms with E-state index in [2.05, 4.69) is 24.4 Å². The molecule has 1 atom stereocenters. The van der Waals surface area contributed by atoms with E-state index < -0.39 is 0 Å².